The molecule has 1 saturated heterocycles. The van der Waals surface area contributed by atoms with Crippen molar-refractivity contribution in [2.45, 2.75) is 56.1 Å². The number of unbranched alkanes of at least 4 members (excludes halogenated alkanes) is 1. The predicted molar refractivity (Wildman–Crippen MR) is 98.6 cm³/mol. The third kappa shape index (κ3) is 4.24. The number of nitrogens with zero attached hydrogens (tertiary/aromatic N) is 1. The molecule has 2 unspecified atom stereocenters. The Hall–Kier alpha value is -1.93. The van der Waals surface area contributed by atoms with Crippen molar-refractivity contribution in [2.24, 2.45) is 4.99 Å². The summed E-state index contributed by atoms with van der Waals surface area (Å²) >= 11 is 0. The number of fused-ring (bicyclic) bond motifs is 1. The van der Waals surface area contributed by atoms with E-state index in [-0.39, 0.29) is 22.7 Å². The second-order valence-electron chi connectivity index (χ2n) is 6.62. The molecule has 142 valence electrons. The summed E-state index contributed by atoms with van der Waals surface area (Å²) < 4.78 is 32.4. The van der Waals surface area contributed by atoms with Crippen LogP contribution >= 0.6 is 0 Å². The van der Waals surface area contributed by atoms with E-state index in [1.165, 1.54) is 0 Å². The molecule has 2 N–H and O–H groups in total. The third-order valence-corrected chi connectivity index (χ3v) is 6.01. The average Bonchev–Trinajstić information content (AvgIpc) is 3.23. The van der Waals surface area contributed by atoms with Gasteiger partial charge in [-0.25, -0.2) is 8.42 Å². The zero-order chi connectivity index (χ0) is 18.6. The van der Waals surface area contributed by atoms with Crippen molar-refractivity contribution >= 4 is 21.8 Å². The summed E-state index contributed by atoms with van der Waals surface area (Å²) in [4.78, 5) is 17.3. The number of aliphatic imine (C=N–C) groups is 1. The van der Waals surface area contributed by atoms with Gasteiger partial charge in [-0.05, 0) is 31.4 Å². The van der Waals surface area contributed by atoms with Crippen LogP contribution in [0.25, 0.3) is 0 Å². The van der Waals surface area contributed by atoms with E-state index in [0.717, 1.165) is 32.3 Å². The van der Waals surface area contributed by atoms with Gasteiger partial charge in [-0.1, -0.05) is 31.9 Å². The lowest BCUT2D eigenvalue weighted by atomic mass is 10.1. The second-order valence-corrected chi connectivity index (χ2v) is 8.27. The van der Waals surface area contributed by atoms with Crippen molar-refractivity contribution in [1.29, 1.82) is 0 Å². The molecule has 0 saturated carbocycles. The fourth-order valence-electron chi connectivity index (χ4n) is 3.17. The Balaban J connectivity index is 1.77. The van der Waals surface area contributed by atoms with Crippen LogP contribution in [0, 0.1) is 0 Å². The van der Waals surface area contributed by atoms with Gasteiger partial charge in [0.2, 0.25) is 5.91 Å². The molecule has 0 aromatic heterocycles. The molecule has 1 fully saturated rings. The monoisotopic (exact) mass is 379 g/mol. The number of rotatable bonds is 7. The van der Waals surface area contributed by atoms with Crippen molar-refractivity contribution in [3.63, 3.8) is 0 Å². The lowest BCUT2D eigenvalue weighted by molar-refractivity contribution is -0.122. The Morgan fingerprint density at radius 1 is 1.42 bits per heavy atom. The molecule has 2 heterocycles. The van der Waals surface area contributed by atoms with Crippen LogP contribution in [0.1, 0.15) is 44.6 Å². The minimum absolute atomic E-state index is 0.0594. The van der Waals surface area contributed by atoms with E-state index < -0.39 is 16.1 Å². The molecular weight excluding hydrogens is 354 g/mol. The molecule has 0 radical (unpaired) electrons. The topological polar surface area (TPSA) is 96.9 Å². The molecule has 2 aliphatic heterocycles. The lowest BCUT2D eigenvalue weighted by Crippen LogP contribution is -2.39. The molecule has 0 bridgehead atoms. The van der Waals surface area contributed by atoms with Crippen molar-refractivity contribution in [1.82, 2.24) is 10.0 Å². The summed E-state index contributed by atoms with van der Waals surface area (Å²) in [5.74, 6) is 0.0546. The molecule has 1 aromatic carbocycles. The maximum absolute atomic E-state index is 12.6. The third-order valence-electron chi connectivity index (χ3n) is 4.61. The summed E-state index contributed by atoms with van der Waals surface area (Å²) in [6.07, 6.45) is 4.36. The van der Waals surface area contributed by atoms with Crippen molar-refractivity contribution in [3.05, 3.63) is 29.8 Å². The Morgan fingerprint density at radius 3 is 2.96 bits per heavy atom. The molecule has 7 nitrogen and oxygen atoms in total. The van der Waals surface area contributed by atoms with Crippen LogP contribution < -0.4 is 10.0 Å². The highest BCUT2D eigenvalue weighted by molar-refractivity contribution is 7.90. The average molecular weight is 379 g/mol. The van der Waals surface area contributed by atoms with Gasteiger partial charge in [0.05, 0.1) is 11.0 Å². The molecular formula is C18H25N3O4S. The number of amides is 1. The van der Waals surface area contributed by atoms with E-state index in [1.54, 1.807) is 24.3 Å². The molecule has 0 spiro atoms. The predicted octanol–water partition coefficient (Wildman–Crippen LogP) is 1.58. The number of hydrogen-bond donors (Lipinski definition) is 2. The molecule has 8 heteroatoms. The number of hydrogen-bond acceptors (Lipinski definition) is 5. The van der Waals surface area contributed by atoms with Gasteiger partial charge in [0.15, 0.2) is 0 Å². The summed E-state index contributed by atoms with van der Waals surface area (Å²) in [6, 6.07) is 6.05. The van der Waals surface area contributed by atoms with Crippen molar-refractivity contribution in [2.75, 3.05) is 13.2 Å². The van der Waals surface area contributed by atoms with Gasteiger partial charge in [0.1, 0.15) is 11.9 Å². The van der Waals surface area contributed by atoms with E-state index in [9.17, 15) is 13.2 Å². The molecule has 3 rings (SSSR count). The number of amidine groups is 1. The molecule has 0 aliphatic carbocycles. The zero-order valence-electron chi connectivity index (χ0n) is 14.9. The van der Waals surface area contributed by atoms with Crippen LogP contribution in [0.5, 0.6) is 0 Å². The first kappa shape index (κ1) is 18.8. The molecule has 1 amide bonds. The SMILES string of the molecule is CCCCC(N=C1NS(=O)(=O)c2ccccc21)C(=O)NCC1CCCO1. The highest BCUT2D eigenvalue weighted by Crippen LogP contribution is 2.23. The van der Waals surface area contributed by atoms with Gasteiger partial charge >= 0.3 is 0 Å². The summed E-state index contributed by atoms with van der Waals surface area (Å²) in [7, 11) is -3.60. The molecule has 2 atom stereocenters. The maximum Gasteiger partial charge on any atom is 0.263 e. The molecule has 1 aromatic rings. The standard InChI is InChI=1S/C18H25N3O4S/c1-2-3-9-15(18(22)19-12-13-7-6-11-25-13)20-17-14-8-4-5-10-16(14)26(23,24)21-17/h4-5,8,10,13,15H,2-3,6-7,9,11-12H2,1H3,(H,19,22)(H,20,21). The van der Waals surface area contributed by atoms with E-state index >= 15 is 0 Å². The quantitative estimate of drug-likeness (QED) is 0.752. The van der Waals surface area contributed by atoms with Crippen LogP contribution in [0.2, 0.25) is 0 Å². The zero-order valence-corrected chi connectivity index (χ0v) is 15.7. The van der Waals surface area contributed by atoms with Gasteiger partial charge in [-0.15, -0.1) is 0 Å². The van der Waals surface area contributed by atoms with Crippen LogP contribution in [-0.4, -0.2) is 45.5 Å². The minimum atomic E-state index is -3.60. The number of sulfonamides is 1. The molecule has 2 aliphatic rings. The van der Waals surface area contributed by atoms with E-state index in [2.05, 4.69) is 15.0 Å². The number of benzene rings is 1. The van der Waals surface area contributed by atoms with E-state index in [0.29, 0.717) is 18.5 Å². The first-order valence-electron chi connectivity index (χ1n) is 9.10. The first-order chi connectivity index (χ1) is 12.5. The Labute approximate surface area is 154 Å². The molecule has 26 heavy (non-hydrogen) atoms. The van der Waals surface area contributed by atoms with E-state index in [1.807, 2.05) is 6.92 Å². The Bertz CT molecular complexity index is 785. The fourth-order valence-corrected chi connectivity index (χ4v) is 4.41. The van der Waals surface area contributed by atoms with Crippen LogP contribution in [0.3, 0.4) is 0 Å². The minimum Gasteiger partial charge on any atom is -0.376 e. The summed E-state index contributed by atoms with van der Waals surface area (Å²) in [6.45, 7) is 3.25. The highest BCUT2D eigenvalue weighted by Gasteiger charge is 2.31. The van der Waals surface area contributed by atoms with Crippen LogP contribution in [-0.2, 0) is 19.6 Å². The lowest BCUT2D eigenvalue weighted by Gasteiger charge is -2.16. The largest absolute Gasteiger partial charge is 0.376 e. The van der Waals surface area contributed by atoms with Crippen molar-refractivity contribution in [3.8, 4) is 0 Å². The Morgan fingerprint density at radius 2 is 2.23 bits per heavy atom. The van der Waals surface area contributed by atoms with E-state index in [4.69, 9.17) is 4.74 Å². The number of carbonyl (C=O) groups is 1. The first-order valence-corrected chi connectivity index (χ1v) is 10.6. The number of carbonyl (C=O) groups excluding carboxylic acids is 1. The van der Waals surface area contributed by atoms with Crippen LogP contribution in [0.15, 0.2) is 34.2 Å². The summed E-state index contributed by atoms with van der Waals surface area (Å²) in [5.41, 5.74) is 0.515. The smallest absolute Gasteiger partial charge is 0.263 e. The highest BCUT2D eigenvalue weighted by atomic mass is 32.2. The van der Waals surface area contributed by atoms with Gasteiger partial charge < -0.3 is 10.1 Å². The van der Waals surface area contributed by atoms with Gasteiger partial charge in [-0.2, -0.15) is 0 Å². The normalized spacial score (nSPS) is 23.4. The number of nitrogens with one attached hydrogen (secondary N) is 2. The maximum atomic E-state index is 12.6. The van der Waals surface area contributed by atoms with Crippen LogP contribution in [0.4, 0.5) is 0 Å². The Kier molecular flexibility index (Phi) is 5.93. The van der Waals surface area contributed by atoms with Gasteiger partial charge in [-0.3, -0.25) is 14.5 Å². The fraction of sp³-hybridized carbons (Fsp3) is 0.556. The second kappa shape index (κ2) is 8.18. The van der Waals surface area contributed by atoms with Gasteiger partial charge in [0.25, 0.3) is 10.0 Å². The van der Waals surface area contributed by atoms with Crippen molar-refractivity contribution < 1.29 is 17.9 Å². The van der Waals surface area contributed by atoms with Gasteiger partial charge in [0, 0.05) is 18.7 Å². The summed E-state index contributed by atoms with van der Waals surface area (Å²) in [5, 5.41) is 2.90. The number of ether oxygens (including phenoxy) is 1.